The van der Waals surface area contributed by atoms with Gasteiger partial charge in [-0.1, -0.05) is 55.8 Å². The zero-order valence-electron chi connectivity index (χ0n) is 28.7. The average Bonchev–Trinajstić information content (AvgIpc) is 3.86. The number of nitrogens with zero attached hydrogens (tertiary/aromatic N) is 5. The molecule has 2 aromatic carbocycles. The van der Waals surface area contributed by atoms with Crippen molar-refractivity contribution in [2.75, 3.05) is 31.5 Å². The molecule has 0 bridgehead atoms. The molecule has 1 unspecified atom stereocenters. The van der Waals surface area contributed by atoms with Crippen LogP contribution in [0.15, 0.2) is 83.6 Å². The first-order valence-corrected chi connectivity index (χ1v) is 17.9. The Hall–Kier alpha value is -4.61. The van der Waals surface area contributed by atoms with Crippen LogP contribution in [0.5, 0.6) is 0 Å². The molecule has 5 heterocycles. The van der Waals surface area contributed by atoms with Gasteiger partial charge in [0, 0.05) is 61.5 Å². The number of aromatic nitrogens is 3. The van der Waals surface area contributed by atoms with E-state index in [1.54, 1.807) is 6.20 Å². The maximum atomic E-state index is 11.4. The van der Waals surface area contributed by atoms with E-state index in [1.807, 2.05) is 36.5 Å². The number of aliphatic hydroxyl groups excluding tert-OH is 1. The Labute approximate surface area is 301 Å². The van der Waals surface area contributed by atoms with Crippen LogP contribution in [0.3, 0.4) is 0 Å². The Morgan fingerprint density at radius 1 is 1.02 bits per heavy atom. The number of likely N-dealkylation sites (tertiary alicyclic amines) is 2. The van der Waals surface area contributed by atoms with E-state index < -0.39 is 5.97 Å². The quantitative estimate of drug-likeness (QED) is 0.147. The number of halogens is 1. The highest BCUT2D eigenvalue weighted by Crippen LogP contribution is 2.43. The molecule has 10 nitrogen and oxygen atoms in total. The fourth-order valence-electron chi connectivity index (χ4n) is 7.76. The van der Waals surface area contributed by atoms with Crippen LogP contribution in [-0.2, 0) is 17.9 Å². The standard InChI is InChI=1S/C40H41ClN6O4/c1-40(2)31(26-5-3-6-28(18-26)38-44-33-17-24(16-32(41)36(33)51-38)20-47-14-11-30(48)23-47)7-4-8-34(40)45-37-35-27(9-12-42-37)15-25(19-43-35)21-46-13-10-29(22-46)39(49)50/h3-9,12,15-19,29-30,34,48H,10-11,13-14,20-23H2,1-2H3,(H,42,45)(H,49,50)/t29-,30-,34?/m1/s1. The summed E-state index contributed by atoms with van der Waals surface area (Å²) >= 11 is 6.69. The largest absolute Gasteiger partial charge is 0.481 e. The van der Waals surface area contributed by atoms with E-state index in [2.05, 4.69) is 65.4 Å². The molecule has 51 heavy (non-hydrogen) atoms. The van der Waals surface area contributed by atoms with Gasteiger partial charge in [0.05, 0.1) is 23.1 Å². The summed E-state index contributed by atoms with van der Waals surface area (Å²) in [6.45, 7) is 8.69. The van der Waals surface area contributed by atoms with Gasteiger partial charge < -0.3 is 19.9 Å². The first-order chi connectivity index (χ1) is 24.6. The fraction of sp³-hybridized carbons (Fsp3) is 0.350. The Morgan fingerprint density at radius 3 is 2.63 bits per heavy atom. The molecule has 3 atom stereocenters. The number of carboxylic acid groups (broad SMARTS) is 1. The van der Waals surface area contributed by atoms with Gasteiger partial charge in [-0.25, -0.2) is 9.97 Å². The van der Waals surface area contributed by atoms with E-state index in [9.17, 15) is 15.0 Å². The Bertz CT molecular complexity index is 2190. The second kappa shape index (κ2) is 13.5. The smallest absolute Gasteiger partial charge is 0.307 e. The third-order valence-electron chi connectivity index (χ3n) is 10.6. The number of hydrogen-bond acceptors (Lipinski definition) is 9. The van der Waals surface area contributed by atoms with Gasteiger partial charge in [-0.3, -0.25) is 19.6 Å². The molecule has 0 saturated carbocycles. The van der Waals surface area contributed by atoms with Crippen molar-refractivity contribution in [1.82, 2.24) is 24.8 Å². The van der Waals surface area contributed by atoms with Crippen molar-refractivity contribution in [2.45, 2.75) is 51.9 Å². The van der Waals surface area contributed by atoms with E-state index in [4.69, 9.17) is 31.0 Å². The van der Waals surface area contributed by atoms with Gasteiger partial charge in [0.15, 0.2) is 11.4 Å². The molecule has 3 aliphatic rings. The number of carboxylic acids is 1. The van der Waals surface area contributed by atoms with Crippen molar-refractivity contribution in [3.8, 4) is 11.5 Å². The van der Waals surface area contributed by atoms with Gasteiger partial charge in [0.2, 0.25) is 5.89 Å². The van der Waals surface area contributed by atoms with Crippen LogP contribution in [0.2, 0.25) is 5.02 Å². The summed E-state index contributed by atoms with van der Waals surface area (Å²) in [6.07, 6.45) is 11.3. The van der Waals surface area contributed by atoms with Crippen LogP contribution >= 0.6 is 11.6 Å². The third kappa shape index (κ3) is 6.77. The van der Waals surface area contributed by atoms with E-state index in [0.717, 1.165) is 58.2 Å². The maximum absolute atomic E-state index is 11.4. The number of aliphatic carboxylic acids is 1. The summed E-state index contributed by atoms with van der Waals surface area (Å²) in [5.74, 6) is 0.204. The monoisotopic (exact) mass is 704 g/mol. The summed E-state index contributed by atoms with van der Waals surface area (Å²) in [7, 11) is 0. The summed E-state index contributed by atoms with van der Waals surface area (Å²) in [5.41, 5.74) is 6.95. The van der Waals surface area contributed by atoms with Crippen LogP contribution in [0.4, 0.5) is 5.82 Å². The molecule has 0 radical (unpaired) electrons. The molecule has 1 aliphatic carbocycles. The van der Waals surface area contributed by atoms with Crippen molar-refractivity contribution in [3.05, 3.63) is 101 Å². The molecule has 11 heteroatoms. The zero-order chi connectivity index (χ0) is 35.3. The van der Waals surface area contributed by atoms with Crippen LogP contribution in [0.25, 0.3) is 39.0 Å². The Kier molecular flexibility index (Phi) is 8.88. The lowest BCUT2D eigenvalue weighted by Crippen LogP contribution is -2.37. The SMILES string of the molecule is CC1(C)C(c2cccc(-c3nc4cc(CN5CC[C@@H](O)C5)cc(Cl)c4o3)c2)=CC=CC1Nc1nccc2cc(CN3CC[C@@H](C(=O)O)C3)cnc12. The number of pyridine rings is 2. The number of carbonyl (C=O) groups is 1. The summed E-state index contributed by atoms with van der Waals surface area (Å²) < 4.78 is 6.24. The summed E-state index contributed by atoms with van der Waals surface area (Å²) in [6, 6.07) is 16.2. The van der Waals surface area contributed by atoms with Crippen molar-refractivity contribution in [3.63, 3.8) is 0 Å². The van der Waals surface area contributed by atoms with Crippen molar-refractivity contribution in [2.24, 2.45) is 11.3 Å². The van der Waals surface area contributed by atoms with Gasteiger partial charge in [-0.05, 0) is 78.0 Å². The highest BCUT2D eigenvalue weighted by atomic mass is 35.5. The summed E-state index contributed by atoms with van der Waals surface area (Å²) in [5, 5.41) is 24.5. The molecule has 3 N–H and O–H groups in total. The number of anilines is 1. The normalized spacial score (nSPS) is 22.2. The second-order valence-electron chi connectivity index (χ2n) is 14.6. The number of fused-ring (bicyclic) bond motifs is 2. The van der Waals surface area contributed by atoms with Gasteiger partial charge in [0.1, 0.15) is 11.0 Å². The van der Waals surface area contributed by atoms with Crippen LogP contribution in [-0.4, -0.2) is 79.3 Å². The van der Waals surface area contributed by atoms with E-state index in [1.165, 1.54) is 0 Å². The molecular formula is C40H41ClN6O4. The minimum atomic E-state index is -0.722. The number of rotatable bonds is 9. The van der Waals surface area contributed by atoms with Crippen molar-refractivity contribution >= 4 is 51.0 Å². The number of aliphatic hydroxyl groups is 1. The average molecular weight is 705 g/mol. The van der Waals surface area contributed by atoms with E-state index in [-0.39, 0.29) is 23.5 Å². The van der Waals surface area contributed by atoms with Gasteiger partial charge in [-0.15, -0.1) is 0 Å². The Morgan fingerprint density at radius 2 is 1.82 bits per heavy atom. The molecule has 5 aromatic rings. The lowest BCUT2D eigenvalue weighted by Gasteiger charge is -2.38. The molecule has 2 aliphatic heterocycles. The zero-order valence-corrected chi connectivity index (χ0v) is 29.5. The Balaban J connectivity index is 1.01. The predicted molar refractivity (Wildman–Crippen MR) is 199 cm³/mol. The highest BCUT2D eigenvalue weighted by molar-refractivity contribution is 6.34. The first kappa shape index (κ1) is 33.5. The molecule has 0 amide bonds. The highest BCUT2D eigenvalue weighted by Gasteiger charge is 2.35. The van der Waals surface area contributed by atoms with E-state index in [0.29, 0.717) is 60.4 Å². The molecular weight excluding hydrogens is 664 g/mol. The number of hydrogen-bond donors (Lipinski definition) is 3. The van der Waals surface area contributed by atoms with Gasteiger partial charge >= 0.3 is 5.97 Å². The number of benzene rings is 2. The molecule has 3 aromatic heterocycles. The fourth-order valence-corrected chi connectivity index (χ4v) is 8.03. The summed E-state index contributed by atoms with van der Waals surface area (Å²) in [4.78, 5) is 30.2. The minimum absolute atomic E-state index is 0.0726. The van der Waals surface area contributed by atoms with Gasteiger partial charge in [-0.2, -0.15) is 0 Å². The van der Waals surface area contributed by atoms with Crippen LogP contribution < -0.4 is 5.32 Å². The van der Waals surface area contributed by atoms with Crippen LogP contribution in [0, 0.1) is 11.3 Å². The number of nitrogens with one attached hydrogen (secondary N) is 1. The van der Waals surface area contributed by atoms with E-state index >= 15 is 0 Å². The number of oxazole rings is 1. The molecule has 262 valence electrons. The lowest BCUT2D eigenvalue weighted by atomic mass is 9.71. The maximum Gasteiger partial charge on any atom is 0.307 e. The van der Waals surface area contributed by atoms with Crippen molar-refractivity contribution < 1.29 is 19.4 Å². The molecule has 0 spiro atoms. The van der Waals surface area contributed by atoms with Crippen LogP contribution in [0.1, 0.15) is 43.4 Å². The number of allylic oxidation sites excluding steroid dienone is 2. The second-order valence-corrected chi connectivity index (χ2v) is 15.1. The molecule has 2 saturated heterocycles. The van der Waals surface area contributed by atoms with Gasteiger partial charge in [0.25, 0.3) is 0 Å². The third-order valence-corrected chi connectivity index (χ3v) is 10.9. The first-order valence-electron chi connectivity index (χ1n) is 17.6. The number of β-amino-alcohol motifs (C(OH)–C–C–N with tert-alkyl or cyclic N) is 1. The lowest BCUT2D eigenvalue weighted by molar-refractivity contribution is -0.141. The molecule has 8 rings (SSSR count). The van der Waals surface area contributed by atoms with Crippen molar-refractivity contribution in [1.29, 1.82) is 0 Å². The minimum Gasteiger partial charge on any atom is -0.481 e. The topological polar surface area (TPSA) is 128 Å². The molecule has 2 fully saturated rings. The predicted octanol–water partition coefficient (Wildman–Crippen LogP) is 7.02.